The molecule has 0 unspecified atom stereocenters. The predicted molar refractivity (Wildman–Crippen MR) is 116 cm³/mol. The molecule has 0 atom stereocenters. The van der Waals surface area contributed by atoms with Gasteiger partial charge in [-0.2, -0.15) is 5.26 Å². The summed E-state index contributed by atoms with van der Waals surface area (Å²) in [6.07, 6.45) is 2.08. The van der Waals surface area contributed by atoms with Crippen molar-refractivity contribution in [2.24, 2.45) is 5.73 Å². The lowest BCUT2D eigenvalue weighted by molar-refractivity contribution is 0.958. The Bertz CT molecular complexity index is 1400. The Morgan fingerprint density at radius 2 is 1.73 bits per heavy atom. The summed E-state index contributed by atoms with van der Waals surface area (Å²) in [5.41, 5.74) is 12.4. The summed E-state index contributed by atoms with van der Waals surface area (Å²) < 4.78 is 1.86. The SMILES string of the molecule is N#CCc1nnc2c3cc(-c4ccccc4)c(-c4ccc(CN)cc4)nc3ccn12. The van der Waals surface area contributed by atoms with Crippen LogP contribution in [0.2, 0.25) is 0 Å². The zero-order valence-corrected chi connectivity index (χ0v) is 16.2. The van der Waals surface area contributed by atoms with E-state index < -0.39 is 0 Å². The van der Waals surface area contributed by atoms with Gasteiger partial charge in [0.1, 0.15) is 0 Å². The Kier molecular flexibility index (Phi) is 4.43. The third-order valence-electron chi connectivity index (χ3n) is 5.23. The molecule has 5 aromatic rings. The van der Waals surface area contributed by atoms with Crippen molar-refractivity contribution in [2.75, 3.05) is 0 Å². The largest absolute Gasteiger partial charge is 0.326 e. The van der Waals surface area contributed by atoms with E-state index in [0.29, 0.717) is 18.0 Å². The zero-order valence-electron chi connectivity index (χ0n) is 16.2. The highest BCUT2D eigenvalue weighted by molar-refractivity contribution is 5.98. The maximum Gasteiger partial charge on any atom is 0.170 e. The van der Waals surface area contributed by atoms with Crippen molar-refractivity contribution < 1.29 is 0 Å². The lowest BCUT2D eigenvalue weighted by Gasteiger charge is -2.12. The molecule has 6 nitrogen and oxygen atoms in total. The number of nitrogens with two attached hydrogens (primary N) is 1. The van der Waals surface area contributed by atoms with Gasteiger partial charge in [0.2, 0.25) is 0 Å². The molecular weight excluding hydrogens is 372 g/mol. The minimum atomic E-state index is 0.206. The van der Waals surface area contributed by atoms with Crippen LogP contribution in [0.1, 0.15) is 11.4 Å². The molecule has 2 aromatic carbocycles. The van der Waals surface area contributed by atoms with Crippen molar-refractivity contribution in [3.05, 3.63) is 84.3 Å². The number of hydrogen-bond donors (Lipinski definition) is 1. The second kappa shape index (κ2) is 7.39. The van der Waals surface area contributed by atoms with Gasteiger partial charge in [-0.25, -0.2) is 4.98 Å². The van der Waals surface area contributed by atoms with Crippen LogP contribution in [0.5, 0.6) is 0 Å². The quantitative estimate of drug-likeness (QED) is 0.498. The summed E-state index contributed by atoms with van der Waals surface area (Å²) >= 11 is 0. The van der Waals surface area contributed by atoms with Crippen molar-refractivity contribution in [1.82, 2.24) is 19.6 Å². The van der Waals surface area contributed by atoms with Gasteiger partial charge in [-0.15, -0.1) is 10.2 Å². The molecule has 0 bridgehead atoms. The first kappa shape index (κ1) is 18.0. The molecule has 3 heterocycles. The summed E-state index contributed by atoms with van der Waals surface area (Å²) in [6, 6.07) is 24.6. The van der Waals surface area contributed by atoms with E-state index in [-0.39, 0.29) is 6.42 Å². The first-order chi connectivity index (χ1) is 14.8. The van der Waals surface area contributed by atoms with Gasteiger partial charge in [-0.05, 0) is 23.3 Å². The number of rotatable bonds is 4. The van der Waals surface area contributed by atoms with Gasteiger partial charge in [0.25, 0.3) is 0 Å². The maximum absolute atomic E-state index is 9.05. The standard InChI is InChI=1S/C24H18N6/c25-12-10-22-28-29-24-20-14-19(17-4-2-1-3-5-17)23(27-21(20)11-13-30(22)24)18-8-6-16(15-26)7-9-18/h1-9,11,13-14H,10,15,26H2. The average molecular weight is 390 g/mol. The third-order valence-corrected chi connectivity index (χ3v) is 5.23. The molecule has 6 heteroatoms. The number of fused-ring (bicyclic) bond motifs is 3. The number of benzene rings is 2. The van der Waals surface area contributed by atoms with E-state index in [1.54, 1.807) is 0 Å². The molecule has 3 aromatic heterocycles. The Labute approximate surface area is 173 Å². The maximum atomic E-state index is 9.05. The van der Waals surface area contributed by atoms with Crippen molar-refractivity contribution in [3.8, 4) is 28.5 Å². The van der Waals surface area contributed by atoms with E-state index in [0.717, 1.165) is 38.9 Å². The topological polar surface area (TPSA) is 92.9 Å². The molecule has 0 amide bonds. The van der Waals surface area contributed by atoms with E-state index in [9.17, 15) is 0 Å². The van der Waals surface area contributed by atoms with Crippen molar-refractivity contribution in [1.29, 1.82) is 5.26 Å². The van der Waals surface area contributed by atoms with Gasteiger partial charge in [-0.1, -0.05) is 54.6 Å². The highest BCUT2D eigenvalue weighted by Crippen LogP contribution is 2.34. The van der Waals surface area contributed by atoms with E-state index in [4.69, 9.17) is 16.0 Å². The van der Waals surface area contributed by atoms with Gasteiger partial charge >= 0.3 is 0 Å². The average Bonchev–Trinajstić information content (AvgIpc) is 3.22. The molecular formula is C24H18N6. The van der Waals surface area contributed by atoms with Crippen LogP contribution in [0.3, 0.4) is 0 Å². The summed E-state index contributed by atoms with van der Waals surface area (Å²) in [7, 11) is 0. The zero-order chi connectivity index (χ0) is 20.5. The fraction of sp³-hybridized carbons (Fsp3) is 0.0833. The monoisotopic (exact) mass is 390 g/mol. The van der Waals surface area contributed by atoms with Crippen LogP contribution >= 0.6 is 0 Å². The highest BCUT2D eigenvalue weighted by atomic mass is 15.2. The summed E-state index contributed by atoms with van der Waals surface area (Å²) in [6.45, 7) is 0.507. The predicted octanol–water partition coefficient (Wildman–Crippen LogP) is 4.14. The second-order valence-corrected chi connectivity index (χ2v) is 7.04. The number of hydrogen-bond acceptors (Lipinski definition) is 5. The Morgan fingerprint density at radius 3 is 2.47 bits per heavy atom. The lowest BCUT2D eigenvalue weighted by atomic mass is 9.97. The van der Waals surface area contributed by atoms with E-state index >= 15 is 0 Å². The molecule has 0 aliphatic rings. The molecule has 0 radical (unpaired) electrons. The van der Waals surface area contributed by atoms with E-state index in [2.05, 4.69) is 46.6 Å². The number of aromatic nitrogens is 4. The van der Waals surface area contributed by atoms with Gasteiger partial charge in [-0.3, -0.25) is 4.40 Å². The smallest absolute Gasteiger partial charge is 0.170 e. The fourth-order valence-electron chi connectivity index (χ4n) is 3.69. The van der Waals surface area contributed by atoms with Crippen molar-refractivity contribution in [3.63, 3.8) is 0 Å². The summed E-state index contributed by atoms with van der Waals surface area (Å²) in [5.74, 6) is 0.622. The minimum absolute atomic E-state index is 0.206. The molecule has 0 aliphatic heterocycles. The van der Waals surface area contributed by atoms with Crippen LogP contribution < -0.4 is 5.73 Å². The molecule has 30 heavy (non-hydrogen) atoms. The molecule has 0 aliphatic carbocycles. The molecule has 0 fully saturated rings. The minimum Gasteiger partial charge on any atom is -0.326 e. The Hall–Kier alpha value is -4.08. The summed E-state index contributed by atoms with van der Waals surface area (Å²) in [4.78, 5) is 5.01. The third kappa shape index (κ3) is 2.98. The van der Waals surface area contributed by atoms with E-state index in [1.165, 1.54) is 0 Å². The molecule has 0 saturated carbocycles. The fourth-order valence-corrected chi connectivity index (χ4v) is 3.69. The van der Waals surface area contributed by atoms with Crippen molar-refractivity contribution in [2.45, 2.75) is 13.0 Å². The van der Waals surface area contributed by atoms with Crippen LogP contribution in [0.15, 0.2) is 72.9 Å². The molecule has 0 saturated heterocycles. The van der Waals surface area contributed by atoms with Gasteiger partial charge in [0.15, 0.2) is 11.5 Å². The lowest BCUT2D eigenvalue weighted by Crippen LogP contribution is -1.97. The molecule has 5 rings (SSSR count). The Balaban J connectivity index is 1.80. The normalized spacial score (nSPS) is 11.1. The number of nitriles is 1. The van der Waals surface area contributed by atoms with Crippen LogP contribution in [0.4, 0.5) is 0 Å². The number of nitrogens with zero attached hydrogens (tertiary/aromatic N) is 5. The Morgan fingerprint density at radius 1 is 0.933 bits per heavy atom. The summed E-state index contributed by atoms with van der Waals surface area (Å²) in [5, 5.41) is 18.5. The molecule has 0 spiro atoms. The van der Waals surface area contributed by atoms with Gasteiger partial charge in [0.05, 0.1) is 23.7 Å². The van der Waals surface area contributed by atoms with Crippen LogP contribution in [0.25, 0.3) is 38.9 Å². The van der Waals surface area contributed by atoms with Crippen molar-refractivity contribution >= 4 is 16.6 Å². The van der Waals surface area contributed by atoms with Gasteiger partial charge in [0, 0.05) is 29.3 Å². The van der Waals surface area contributed by atoms with Gasteiger partial charge < -0.3 is 5.73 Å². The first-order valence-electron chi connectivity index (χ1n) is 9.67. The van der Waals surface area contributed by atoms with E-state index in [1.807, 2.05) is 47.0 Å². The first-order valence-corrected chi connectivity index (χ1v) is 9.67. The number of pyridine rings is 2. The van der Waals surface area contributed by atoms with Crippen LogP contribution in [0, 0.1) is 11.3 Å². The molecule has 2 N–H and O–H groups in total. The second-order valence-electron chi connectivity index (χ2n) is 7.04. The molecule has 144 valence electrons. The highest BCUT2D eigenvalue weighted by Gasteiger charge is 2.15. The van der Waals surface area contributed by atoms with Crippen LogP contribution in [-0.4, -0.2) is 19.6 Å². The van der Waals surface area contributed by atoms with Crippen LogP contribution in [-0.2, 0) is 13.0 Å².